The van der Waals surface area contributed by atoms with Crippen LogP contribution in [-0.4, -0.2) is 0 Å². The number of benzene rings is 1. The molecule has 1 aromatic carbocycles. The fourth-order valence-electron chi connectivity index (χ4n) is 4.64. The van der Waals surface area contributed by atoms with Crippen LogP contribution in [0.1, 0.15) is 25.0 Å². The number of rotatable bonds is 6. The first-order valence-corrected chi connectivity index (χ1v) is 9.26. The Morgan fingerprint density at radius 2 is 1.19 bits per heavy atom. The maximum atomic E-state index is 4.18. The normalized spacial score (nSPS) is 21.7. The Kier molecular flexibility index (Phi) is 5.01. The SMILES string of the molecule is C=CC1=C(C=C)C2(C(/C=C\C)=C1C=C)C(/C=C\C)=C(C=C)c1ccccc12. The lowest BCUT2D eigenvalue weighted by Crippen LogP contribution is -2.28. The van der Waals surface area contributed by atoms with Gasteiger partial charge in [0, 0.05) is 0 Å². The van der Waals surface area contributed by atoms with Crippen molar-refractivity contribution < 1.29 is 0 Å². The Hall–Kier alpha value is -3.12. The highest BCUT2D eigenvalue weighted by Gasteiger charge is 2.51. The van der Waals surface area contributed by atoms with Crippen LogP contribution < -0.4 is 0 Å². The van der Waals surface area contributed by atoms with E-state index in [1.807, 2.05) is 24.3 Å². The molecule has 0 amide bonds. The quantitative estimate of drug-likeness (QED) is 0.509. The highest BCUT2D eigenvalue weighted by Crippen LogP contribution is 2.61. The summed E-state index contributed by atoms with van der Waals surface area (Å²) in [6, 6.07) is 8.59. The molecule has 3 rings (SSSR count). The summed E-state index contributed by atoms with van der Waals surface area (Å²) in [5, 5.41) is 0. The van der Waals surface area contributed by atoms with Crippen LogP contribution in [0.5, 0.6) is 0 Å². The third kappa shape index (κ3) is 2.30. The molecule has 0 heteroatoms. The lowest BCUT2D eigenvalue weighted by Gasteiger charge is -2.33. The largest absolute Gasteiger partial charge is 0.0987 e. The summed E-state index contributed by atoms with van der Waals surface area (Å²) in [4.78, 5) is 0. The topological polar surface area (TPSA) is 0 Å². The maximum absolute atomic E-state index is 4.18. The molecule has 0 bridgehead atoms. The van der Waals surface area contributed by atoms with Crippen molar-refractivity contribution in [1.82, 2.24) is 0 Å². The van der Waals surface area contributed by atoms with E-state index in [-0.39, 0.29) is 0 Å². The van der Waals surface area contributed by atoms with Crippen molar-refractivity contribution in [3.8, 4) is 0 Å². The number of allylic oxidation sites excluding steroid dienone is 14. The molecule has 0 N–H and O–H groups in total. The Labute approximate surface area is 163 Å². The van der Waals surface area contributed by atoms with Crippen molar-refractivity contribution in [2.75, 3.05) is 0 Å². The first-order chi connectivity index (χ1) is 13.2. The molecule has 1 atom stereocenters. The van der Waals surface area contributed by atoms with Gasteiger partial charge in [0.15, 0.2) is 0 Å². The van der Waals surface area contributed by atoms with Crippen LogP contribution in [0.4, 0.5) is 0 Å². The molecule has 0 aliphatic heterocycles. The summed E-state index contributed by atoms with van der Waals surface area (Å²) < 4.78 is 0. The van der Waals surface area contributed by atoms with Crippen LogP contribution in [0.15, 0.2) is 127 Å². The van der Waals surface area contributed by atoms with E-state index in [2.05, 4.69) is 88.7 Å². The molecule has 0 aromatic heterocycles. The standard InChI is InChI=1S/C27H26/c1-7-15-24-20(10-4)19(9-3)23(12-6)27(24)25(16-8-2)21(11-5)22-17-13-14-18-26(22)27/h7-18H,3-6H2,1-2H3/b15-7-,16-8-. The van der Waals surface area contributed by atoms with Gasteiger partial charge in [0.05, 0.1) is 5.41 Å². The fourth-order valence-corrected chi connectivity index (χ4v) is 4.64. The smallest absolute Gasteiger partial charge is 0.0725 e. The summed E-state index contributed by atoms with van der Waals surface area (Å²) >= 11 is 0. The van der Waals surface area contributed by atoms with Gasteiger partial charge in [0.2, 0.25) is 0 Å². The zero-order valence-electron chi connectivity index (χ0n) is 16.3. The van der Waals surface area contributed by atoms with Crippen LogP contribution in [0, 0.1) is 0 Å². The Bertz CT molecular complexity index is 998. The molecule has 0 saturated carbocycles. The molecular weight excluding hydrogens is 324 g/mol. The minimum Gasteiger partial charge on any atom is -0.0987 e. The van der Waals surface area contributed by atoms with Gasteiger partial charge < -0.3 is 0 Å². The molecule has 2 aliphatic carbocycles. The molecule has 1 aromatic rings. The number of fused-ring (bicyclic) bond motifs is 2. The molecular formula is C27H26. The number of hydrogen-bond acceptors (Lipinski definition) is 0. The molecule has 0 radical (unpaired) electrons. The summed E-state index contributed by atoms with van der Waals surface area (Å²) in [6.45, 7) is 20.6. The van der Waals surface area contributed by atoms with Crippen molar-refractivity contribution in [3.05, 3.63) is 138 Å². The molecule has 0 fully saturated rings. The van der Waals surface area contributed by atoms with E-state index in [0.717, 1.165) is 16.7 Å². The predicted octanol–water partition coefficient (Wildman–Crippen LogP) is 7.19. The second-order valence-electron chi connectivity index (χ2n) is 6.59. The highest BCUT2D eigenvalue weighted by atomic mass is 14.5. The molecule has 0 nitrogen and oxygen atoms in total. The zero-order valence-corrected chi connectivity index (χ0v) is 16.3. The van der Waals surface area contributed by atoms with Crippen LogP contribution in [0.2, 0.25) is 0 Å². The summed E-state index contributed by atoms with van der Waals surface area (Å²) in [7, 11) is 0. The Morgan fingerprint density at radius 3 is 1.70 bits per heavy atom. The van der Waals surface area contributed by atoms with Crippen LogP contribution >= 0.6 is 0 Å². The molecule has 1 spiro atoms. The lowest BCUT2D eigenvalue weighted by molar-refractivity contribution is 0.772. The van der Waals surface area contributed by atoms with E-state index < -0.39 is 5.41 Å². The third-order valence-corrected chi connectivity index (χ3v) is 5.48. The van der Waals surface area contributed by atoms with Crippen LogP contribution in [-0.2, 0) is 5.41 Å². The van der Waals surface area contributed by atoms with Gasteiger partial charge in [0.1, 0.15) is 0 Å². The highest BCUT2D eigenvalue weighted by molar-refractivity contribution is 5.94. The predicted molar refractivity (Wildman–Crippen MR) is 120 cm³/mol. The first kappa shape index (κ1) is 18.7. The van der Waals surface area contributed by atoms with Gasteiger partial charge in [-0.05, 0) is 58.4 Å². The second-order valence-corrected chi connectivity index (χ2v) is 6.59. The Balaban J connectivity index is 2.63. The first-order valence-electron chi connectivity index (χ1n) is 9.26. The summed E-state index contributed by atoms with van der Waals surface area (Å²) in [5.74, 6) is 0. The van der Waals surface area contributed by atoms with Gasteiger partial charge in [-0.1, -0.05) is 99.2 Å². The number of hydrogen-bond donors (Lipinski definition) is 0. The van der Waals surface area contributed by atoms with Crippen molar-refractivity contribution in [3.63, 3.8) is 0 Å². The van der Waals surface area contributed by atoms with E-state index in [1.54, 1.807) is 0 Å². The van der Waals surface area contributed by atoms with E-state index in [0.29, 0.717) is 0 Å². The van der Waals surface area contributed by atoms with Crippen molar-refractivity contribution in [2.24, 2.45) is 0 Å². The Morgan fingerprint density at radius 1 is 0.667 bits per heavy atom. The van der Waals surface area contributed by atoms with Gasteiger partial charge in [-0.15, -0.1) is 0 Å². The monoisotopic (exact) mass is 350 g/mol. The molecule has 27 heavy (non-hydrogen) atoms. The van der Waals surface area contributed by atoms with E-state index in [9.17, 15) is 0 Å². The molecule has 1 unspecified atom stereocenters. The maximum Gasteiger partial charge on any atom is 0.0725 e. The summed E-state index contributed by atoms with van der Waals surface area (Å²) in [6.07, 6.45) is 16.4. The van der Waals surface area contributed by atoms with Crippen LogP contribution in [0.3, 0.4) is 0 Å². The van der Waals surface area contributed by atoms with Gasteiger partial charge in [-0.25, -0.2) is 0 Å². The van der Waals surface area contributed by atoms with Crippen LogP contribution in [0.25, 0.3) is 5.57 Å². The third-order valence-electron chi connectivity index (χ3n) is 5.48. The minimum absolute atomic E-state index is 0.423. The average Bonchev–Trinajstić information content (AvgIpc) is 3.13. The van der Waals surface area contributed by atoms with Gasteiger partial charge in [-0.3, -0.25) is 0 Å². The molecule has 134 valence electrons. The minimum atomic E-state index is -0.423. The van der Waals surface area contributed by atoms with Crippen molar-refractivity contribution >= 4 is 5.57 Å². The fraction of sp³-hybridized carbons (Fsp3) is 0.111. The zero-order chi connectivity index (χ0) is 19.6. The van der Waals surface area contributed by atoms with Gasteiger partial charge >= 0.3 is 0 Å². The average molecular weight is 351 g/mol. The van der Waals surface area contributed by atoms with E-state index in [4.69, 9.17) is 0 Å². The molecule has 0 heterocycles. The van der Waals surface area contributed by atoms with Crippen molar-refractivity contribution in [2.45, 2.75) is 19.3 Å². The summed E-state index contributed by atoms with van der Waals surface area (Å²) in [5.41, 5.74) is 9.01. The van der Waals surface area contributed by atoms with E-state index >= 15 is 0 Å². The van der Waals surface area contributed by atoms with Gasteiger partial charge in [-0.2, -0.15) is 0 Å². The van der Waals surface area contributed by atoms with E-state index in [1.165, 1.54) is 27.8 Å². The second kappa shape index (κ2) is 7.25. The van der Waals surface area contributed by atoms with Crippen molar-refractivity contribution in [1.29, 1.82) is 0 Å². The lowest BCUT2D eigenvalue weighted by atomic mass is 9.67. The molecule has 2 aliphatic rings. The van der Waals surface area contributed by atoms with Gasteiger partial charge in [0.25, 0.3) is 0 Å². The molecule has 0 saturated heterocycles.